The number of hydrogen-bond acceptors (Lipinski definition) is 4. The Labute approximate surface area is 77.8 Å². The van der Waals surface area contributed by atoms with E-state index in [4.69, 9.17) is 9.84 Å². The third-order valence-corrected chi connectivity index (χ3v) is 2.64. The van der Waals surface area contributed by atoms with Gasteiger partial charge in [0.15, 0.2) is 0 Å². The second-order valence-electron chi connectivity index (χ2n) is 3.73. The summed E-state index contributed by atoms with van der Waals surface area (Å²) < 4.78 is 10.1. The van der Waals surface area contributed by atoms with Crippen molar-refractivity contribution in [3.8, 4) is 0 Å². The predicted octanol–water partition coefficient (Wildman–Crippen LogP) is 0.335. The Bertz CT molecular complexity index is 204. The normalized spacial score (nSPS) is 39.1. The minimum Gasteiger partial charge on any atom is -0.469 e. The highest BCUT2D eigenvalue weighted by molar-refractivity contribution is 5.77. The molecule has 1 rings (SSSR count). The minimum atomic E-state index is -0.692. The zero-order chi connectivity index (χ0) is 10.1. The average molecular weight is 188 g/mol. The molecule has 0 radical (unpaired) electrons. The number of ether oxygens (including phenoxy) is 2. The fraction of sp³-hybridized carbons (Fsp3) is 0.889. The lowest BCUT2D eigenvalue weighted by molar-refractivity contribution is -0.156. The second kappa shape index (κ2) is 3.64. The summed E-state index contributed by atoms with van der Waals surface area (Å²) in [7, 11) is 1.35. The molecule has 0 saturated carbocycles. The molecule has 1 N–H and O–H groups in total. The standard InChI is InChI=1S/C9H16O4/c1-6-4-9(2,8(11)12-3)7(5-10)13-6/h6-7,10H,4-5H2,1-3H3/t6?,7-,9?/m1/s1. The Morgan fingerprint density at radius 2 is 2.38 bits per heavy atom. The first kappa shape index (κ1) is 10.5. The van der Waals surface area contributed by atoms with Gasteiger partial charge in [0.2, 0.25) is 0 Å². The van der Waals surface area contributed by atoms with Crippen molar-refractivity contribution in [2.45, 2.75) is 32.5 Å². The van der Waals surface area contributed by atoms with Gasteiger partial charge in [0.05, 0.1) is 31.3 Å². The maximum atomic E-state index is 11.4. The van der Waals surface area contributed by atoms with Gasteiger partial charge in [0.1, 0.15) is 0 Å². The quantitative estimate of drug-likeness (QED) is 0.635. The van der Waals surface area contributed by atoms with Gasteiger partial charge in [-0.15, -0.1) is 0 Å². The molecule has 2 unspecified atom stereocenters. The van der Waals surface area contributed by atoms with Crippen LogP contribution in [-0.2, 0) is 14.3 Å². The number of aliphatic hydroxyl groups is 1. The number of carbonyl (C=O) groups is 1. The van der Waals surface area contributed by atoms with E-state index in [2.05, 4.69) is 4.74 Å². The molecule has 1 aliphatic rings. The number of esters is 1. The van der Waals surface area contributed by atoms with Crippen molar-refractivity contribution in [1.82, 2.24) is 0 Å². The Hall–Kier alpha value is -0.610. The first-order valence-electron chi connectivity index (χ1n) is 4.39. The molecular weight excluding hydrogens is 172 g/mol. The van der Waals surface area contributed by atoms with Crippen molar-refractivity contribution in [2.24, 2.45) is 5.41 Å². The maximum absolute atomic E-state index is 11.4. The van der Waals surface area contributed by atoms with Crippen LogP contribution >= 0.6 is 0 Å². The van der Waals surface area contributed by atoms with Crippen LogP contribution in [-0.4, -0.2) is 37.0 Å². The summed E-state index contributed by atoms with van der Waals surface area (Å²) in [6, 6.07) is 0. The SMILES string of the molecule is COC(=O)C1(C)CC(C)O[C@@H]1CO. The van der Waals surface area contributed by atoms with Crippen LogP contribution < -0.4 is 0 Å². The van der Waals surface area contributed by atoms with Crippen LogP contribution in [0.1, 0.15) is 20.3 Å². The van der Waals surface area contributed by atoms with E-state index in [-0.39, 0.29) is 18.7 Å². The number of rotatable bonds is 2. The van der Waals surface area contributed by atoms with Gasteiger partial charge in [-0.05, 0) is 20.3 Å². The summed E-state index contributed by atoms with van der Waals surface area (Å²) in [5.41, 5.74) is -0.692. The van der Waals surface area contributed by atoms with Crippen LogP contribution in [0.15, 0.2) is 0 Å². The molecule has 76 valence electrons. The fourth-order valence-electron chi connectivity index (χ4n) is 1.90. The molecule has 4 nitrogen and oxygen atoms in total. The molecule has 0 spiro atoms. The third kappa shape index (κ3) is 1.69. The summed E-state index contributed by atoms with van der Waals surface area (Å²) >= 11 is 0. The molecular formula is C9H16O4. The van der Waals surface area contributed by atoms with Crippen LogP contribution in [0.5, 0.6) is 0 Å². The van der Waals surface area contributed by atoms with Crippen molar-refractivity contribution < 1.29 is 19.4 Å². The molecule has 1 aliphatic heterocycles. The number of methoxy groups -OCH3 is 1. The zero-order valence-electron chi connectivity index (χ0n) is 8.24. The summed E-state index contributed by atoms with van der Waals surface area (Å²) in [5, 5.41) is 9.03. The van der Waals surface area contributed by atoms with Gasteiger partial charge < -0.3 is 14.6 Å². The molecule has 1 heterocycles. The van der Waals surface area contributed by atoms with E-state index in [1.807, 2.05) is 6.92 Å². The van der Waals surface area contributed by atoms with Crippen LogP contribution in [0.4, 0.5) is 0 Å². The maximum Gasteiger partial charge on any atom is 0.314 e. The monoisotopic (exact) mass is 188 g/mol. The fourth-order valence-corrected chi connectivity index (χ4v) is 1.90. The van der Waals surface area contributed by atoms with Crippen molar-refractivity contribution in [2.75, 3.05) is 13.7 Å². The molecule has 4 heteroatoms. The van der Waals surface area contributed by atoms with Crippen molar-refractivity contribution in [3.63, 3.8) is 0 Å². The molecule has 0 aromatic carbocycles. The molecule has 1 saturated heterocycles. The number of hydrogen-bond donors (Lipinski definition) is 1. The number of aliphatic hydroxyl groups excluding tert-OH is 1. The molecule has 0 aromatic heterocycles. The lowest BCUT2D eigenvalue weighted by Crippen LogP contribution is -2.39. The molecule has 0 amide bonds. The molecule has 0 aromatic rings. The molecule has 13 heavy (non-hydrogen) atoms. The van der Waals surface area contributed by atoms with Gasteiger partial charge in [-0.1, -0.05) is 0 Å². The molecule has 1 fully saturated rings. The van der Waals surface area contributed by atoms with E-state index in [1.165, 1.54) is 7.11 Å². The van der Waals surface area contributed by atoms with E-state index in [1.54, 1.807) is 6.92 Å². The Morgan fingerprint density at radius 3 is 2.85 bits per heavy atom. The topological polar surface area (TPSA) is 55.8 Å². The lowest BCUT2D eigenvalue weighted by atomic mass is 9.82. The lowest BCUT2D eigenvalue weighted by Gasteiger charge is -2.24. The van der Waals surface area contributed by atoms with Gasteiger partial charge in [-0.2, -0.15) is 0 Å². The van der Waals surface area contributed by atoms with Gasteiger partial charge in [-0.3, -0.25) is 4.79 Å². The Kier molecular flexibility index (Phi) is 2.93. The first-order chi connectivity index (χ1) is 6.04. The van der Waals surface area contributed by atoms with E-state index in [0.717, 1.165) is 0 Å². The first-order valence-corrected chi connectivity index (χ1v) is 4.39. The highest BCUT2D eigenvalue weighted by Crippen LogP contribution is 2.38. The van der Waals surface area contributed by atoms with Crippen molar-refractivity contribution >= 4 is 5.97 Å². The van der Waals surface area contributed by atoms with E-state index >= 15 is 0 Å². The van der Waals surface area contributed by atoms with Crippen molar-refractivity contribution in [3.05, 3.63) is 0 Å². The minimum absolute atomic E-state index is 0.00116. The van der Waals surface area contributed by atoms with Crippen molar-refractivity contribution in [1.29, 1.82) is 0 Å². The predicted molar refractivity (Wildman–Crippen MR) is 46.2 cm³/mol. The molecule has 3 atom stereocenters. The van der Waals surface area contributed by atoms with E-state index in [9.17, 15) is 4.79 Å². The van der Waals surface area contributed by atoms with Crippen LogP contribution in [0.3, 0.4) is 0 Å². The average Bonchev–Trinajstić information content (AvgIpc) is 2.40. The van der Waals surface area contributed by atoms with Gasteiger partial charge in [0.25, 0.3) is 0 Å². The van der Waals surface area contributed by atoms with Crippen LogP contribution in [0, 0.1) is 5.41 Å². The summed E-state index contributed by atoms with van der Waals surface area (Å²) in [5.74, 6) is -0.309. The zero-order valence-corrected chi connectivity index (χ0v) is 8.24. The summed E-state index contributed by atoms with van der Waals surface area (Å²) in [6.45, 7) is 3.51. The summed E-state index contributed by atoms with van der Waals surface area (Å²) in [6.07, 6.45) is 0.168. The molecule has 0 aliphatic carbocycles. The molecule has 0 bridgehead atoms. The smallest absolute Gasteiger partial charge is 0.314 e. The van der Waals surface area contributed by atoms with Gasteiger partial charge in [0, 0.05) is 0 Å². The van der Waals surface area contributed by atoms with Gasteiger partial charge in [-0.25, -0.2) is 0 Å². The largest absolute Gasteiger partial charge is 0.469 e. The highest BCUT2D eigenvalue weighted by atomic mass is 16.5. The Balaban J connectivity index is 2.81. The third-order valence-electron chi connectivity index (χ3n) is 2.64. The van der Waals surface area contributed by atoms with Gasteiger partial charge >= 0.3 is 5.97 Å². The number of carbonyl (C=O) groups excluding carboxylic acids is 1. The van der Waals surface area contributed by atoms with Crippen LogP contribution in [0.25, 0.3) is 0 Å². The Morgan fingerprint density at radius 1 is 1.77 bits per heavy atom. The van der Waals surface area contributed by atoms with E-state index in [0.29, 0.717) is 6.42 Å². The van der Waals surface area contributed by atoms with Crippen LogP contribution in [0.2, 0.25) is 0 Å². The van der Waals surface area contributed by atoms with E-state index < -0.39 is 11.5 Å². The highest BCUT2D eigenvalue weighted by Gasteiger charge is 2.49. The summed E-state index contributed by atoms with van der Waals surface area (Å²) in [4.78, 5) is 11.4. The second-order valence-corrected chi connectivity index (χ2v) is 3.73.